The summed E-state index contributed by atoms with van der Waals surface area (Å²) in [4.78, 5) is 23.8. The summed E-state index contributed by atoms with van der Waals surface area (Å²) in [6, 6.07) is 9.24. The molecule has 4 heteroatoms. The summed E-state index contributed by atoms with van der Waals surface area (Å²) in [6.45, 7) is 0. The second-order valence-corrected chi connectivity index (χ2v) is 3.68. The molecule has 0 radical (unpaired) electrons. The quantitative estimate of drug-likeness (QED) is 0.790. The molecule has 4 nitrogen and oxygen atoms in total. The standard InChI is InChI=1S/C13H11NO3/c1-14-8-4-6-10(13(14)17)12(16)9-5-2-3-7-11(9)15/h2-8,15H,1H3. The second kappa shape index (κ2) is 4.25. The van der Waals surface area contributed by atoms with Crippen molar-refractivity contribution in [1.82, 2.24) is 4.57 Å². The van der Waals surface area contributed by atoms with Crippen molar-refractivity contribution in [3.8, 4) is 5.75 Å². The summed E-state index contributed by atoms with van der Waals surface area (Å²) in [5.41, 5.74) is -0.187. The molecule has 1 N–H and O–H groups in total. The van der Waals surface area contributed by atoms with E-state index in [0.717, 1.165) is 0 Å². The van der Waals surface area contributed by atoms with Crippen LogP contribution in [-0.4, -0.2) is 15.5 Å². The first kappa shape index (κ1) is 11.1. The highest BCUT2D eigenvalue weighted by Gasteiger charge is 2.16. The van der Waals surface area contributed by atoms with Crippen molar-refractivity contribution in [2.45, 2.75) is 0 Å². The van der Waals surface area contributed by atoms with Crippen LogP contribution in [0, 0.1) is 0 Å². The molecule has 0 aliphatic heterocycles. The van der Waals surface area contributed by atoms with Crippen LogP contribution in [-0.2, 0) is 7.05 Å². The molecule has 0 fully saturated rings. The Labute approximate surface area is 97.8 Å². The van der Waals surface area contributed by atoms with Gasteiger partial charge in [-0.3, -0.25) is 9.59 Å². The van der Waals surface area contributed by atoms with Gasteiger partial charge in [0.15, 0.2) is 0 Å². The number of aromatic hydroxyl groups is 1. The topological polar surface area (TPSA) is 59.3 Å². The van der Waals surface area contributed by atoms with Crippen LogP contribution in [0.3, 0.4) is 0 Å². The molecule has 0 unspecified atom stereocenters. The van der Waals surface area contributed by atoms with Crippen molar-refractivity contribution in [2.75, 3.05) is 0 Å². The van der Waals surface area contributed by atoms with Crippen LogP contribution in [0.5, 0.6) is 5.75 Å². The van der Waals surface area contributed by atoms with Crippen LogP contribution in [0.1, 0.15) is 15.9 Å². The van der Waals surface area contributed by atoms with Crippen LogP contribution in [0.15, 0.2) is 47.4 Å². The van der Waals surface area contributed by atoms with E-state index in [1.165, 1.54) is 22.8 Å². The summed E-state index contributed by atoms with van der Waals surface area (Å²) >= 11 is 0. The van der Waals surface area contributed by atoms with Gasteiger partial charge in [-0.15, -0.1) is 0 Å². The Morgan fingerprint density at radius 3 is 2.47 bits per heavy atom. The predicted molar refractivity (Wildman–Crippen MR) is 63.2 cm³/mol. The van der Waals surface area contributed by atoms with Gasteiger partial charge in [-0.25, -0.2) is 0 Å². The van der Waals surface area contributed by atoms with Gasteiger partial charge >= 0.3 is 0 Å². The molecule has 1 aromatic carbocycles. The molecular weight excluding hydrogens is 218 g/mol. The summed E-state index contributed by atoms with van der Waals surface area (Å²) < 4.78 is 1.33. The van der Waals surface area contributed by atoms with Gasteiger partial charge in [0.1, 0.15) is 5.75 Å². The lowest BCUT2D eigenvalue weighted by Gasteiger charge is -2.04. The van der Waals surface area contributed by atoms with Crippen LogP contribution in [0.25, 0.3) is 0 Å². The molecule has 0 bridgehead atoms. The lowest BCUT2D eigenvalue weighted by molar-refractivity contribution is 0.103. The third-order valence-corrected chi connectivity index (χ3v) is 2.52. The highest BCUT2D eigenvalue weighted by Crippen LogP contribution is 2.18. The Bertz CT molecular complexity index is 629. The van der Waals surface area contributed by atoms with Crippen molar-refractivity contribution < 1.29 is 9.90 Å². The summed E-state index contributed by atoms with van der Waals surface area (Å²) in [6.07, 6.45) is 1.57. The number of para-hydroxylation sites is 1. The van der Waals surface area contributed by atoms with Crippen molar-refractivity contribution >= 4 is 5.78 Å². The van der Waals surface area contributed by atoms with Gasteiger partial charge < -0.3 is 9.67 Å². The third kappa shape index (κ3) is 1.97. The Morgan fingerprint density at radius 1 is 1.12 bits per heavy atom. The molecule has 0 aliphatic rings. The predicted octanol–water partition coefficient (Wildman–Crippen LogP) is 1.32. The number of pyridine rings is 1. The Balaban J connectivity index is 2.56. The SMILES string of the molecule is Cn1cccc(C(=O)c2ccccc2O)c1=O. The van der Waals surface area contributed by atoms with Crippen LogP contribution in [0.4, 0.5) is 0 Å². The number of aromatic nitrogens is 1. The molecule has 17 heavy (non-hydrogen) atoms. The highest BCUT2D eigenvalue weighted by molar-refractivity contribution is 6.10. The third-order valence-electron chi connectivity index (χ3n) is 2.52. The van der Waals surface area contributed by atoms with E-state index < -0.39 is 5.78 Å². The number of phenols is 1. The number of aryl methyl sites for hydroxylation is 1. The van der Waals surface area contributed by atoms with Crippen molar-refractivity contribution in [3.05, 3.63) is 64.1 Å². The molecule has 86 valence electrons. The van der Waals surface area contributed by atoms with E-state index in [0.29, 0.717) is 0 Å². The van der Waals surface area contributed by atoms with Gasteiger partial charge in [0.2, 0.25) is 5.78 Å². The zero-order chi connectivity index (χ0) is 12.4. The summed E-state index contributed by atoms with van der Waals surface area (Å²) in [5.74, 6) is -0.590. The highest BCUT2D eigenvalue weighted by atomic mass is 16.3. The van der Waals surface area contributed by atoms with Crippen molar-refractivity contribution in [3.63, 3.8) is 0 Å². The molecule has 1 heterocycles. The van der Waals surface area contributed by atoms with E-state index in [9.17, 15) is 14.7 Å². The summed E-state index contributed by atoms with van der Waals surface area (Å²) in [7, 11) is 1.57. The fourth-order valence-electron chi connectivity index (χ4n) is 1.58. The lowest BCUT2D eigenvalue weighted by atomic mass is 10.0. The number of benzene rings is 1. The molecule has 0 saturated carbocycles. The van der Waals surface area contributed by atoms with E-state index in [2.05, 4.69) is 0 Å². The minimum atomic E-state index is -0.468. The monoisotopic (exact) mass is 229 g/mol. The molecular formula is C13H11NO3. The Kier molecular flexibility index (Phi) is 2.78. The van der Waals surface area contributed by atoms with E-state index in [4.69, 9.17) is 0 Å². The van der Waals surface area contributed by atoms with Gasteiger partial charge in [0.05, 0.1) is 11.1 Å². The molecule has 1 aromatic heterocycles. The first-order valence-corrected chi connectivity index (χ1v) is 5.09. The Hall–Kier alpha value is -2.36. The van der Waals surface area contributed by atoms with E-state index >= 15 is 0 Å². The zero-order valence-electron chi connectivity index (χ0n) is 9.25. The van der Waals surface area contributed by atoms with Gasteiger partial charge in [-0.1, -0.05) is 12.1 Å². The van der Waals surface area contributed by atoms with Crippen LogP contribution < -0.4 is 5.56 Å². The smallest absolute Gasteiger partial charge is 0.261 e. The first-order valence-electron chi connectivity index (χ1n) is 5.09. The maximum atomic E-state index is 12.1. The number of ketones is 1. The maximum Gasteiger partial charge on any atom is 0.261 e. The molecule has 2 rings (SSSR count). The lowest BCUT2D eigenvalue weighted by Crippen LogP contribution is -2.23. The molecule has 0 saturated heterocycles. The van der Waals surface area contributed by atoms with Crippen LogP contribution >= 0.6 is 0 Å². The molecule has 0 aliphatic carbocycles. The summed E-state index contributed by atoms with van der Waals surface area (Å²) in [5, 5.41) is 9.57. The minimum Gasteiger partial charge on any atom is -0.507 e. The molecule has 0 amide bonds. The van der Waals surface area contributed by atoms with Crippen molar-refractivity contribution in [2.24, 2.45) is 7.05 Å². The fraction of sp³-hybridized carbons (Fsp3) is 0.0769. The molecule has 2 aromatic rings. The van der Waals surface area contributed by atoms with E-state index in [1.807, 2.05) is 0 Å². The molecule has 0 atom stereocenters. The number of carbonyl (C=O) groups excluding carboxylic acids is 1. The van der Waals surface area contributed by atoms with Crippen molar-refractivity contribution in [1.29, 1.82) is 0 Å². The number of rotatable bonds is 2. The number of nitrogens with zero attached hydrogens (tertiary/aromatic N) is 1. The zero-order valence-corrected chi connectivity index (χ0v) is 9.25. The number of carbonyl (C=O) groups is 1. The van der Waals surface area contributed by atoms with E-state index in [-0.39, 0.29) is 22.4 Å². The fourth-order valence-corrected chi connectivity index (χ4v) is 1.58. The first-order chi connectivity index (χ1) is 8.11. The van der Waals surface area contributed by atoms with Gasteiger partial charge in [-0.05, 0) is 24.3 Å². The van der Waals surface area contributed by atoms with Gasteiger partial charge in [0.25, 0.3) is 5.56 Å². The largest absolute Gasteiger partial charge is 0.507 e. The van der Waals surface area contributed by atoms with Gasteiger partial charge in [-0.2, -0.15) is 0 Å². The average molecular weight is 229 g/mol. The average Bonchev–Trinajstić information content (AvgIpc) is 2.32. The number of hydrogen-bond donors (Lipinski definition) is 1. The number of hydrogen-bond acceptors (Lipinski definition) is 3. The normalized spacial score (nSPS) is 10.2. The van der Waals surface area contributed by atoms with Crippen LogP contribution in [0.2, 0.25) is 0 Å². The Morgan fingerprint density at radius 2 is 1.76 bits per heavy atom. The van der Waals surface area contributed by atoms with Gasteiger partial charge in [0, 0.05) is 13.2 Å². The maximum absolute atomic E-state index is 12.1. The van der Waals surface area contributed by atoms with E-state index in [1.54, 1.807) is 31.4 Å². The minimum absolute atomic E-state index is 0.0523. The number of phenolic OH excluding ortho intramolecular Hbond substituents is 1. The second-order valence-electron chi connectivity index (χ2n) is 3.68. The molecule has 0 spiro atoms.